The molecule has 0 bridgehead atoms. The molecule has 1 N–H and O–H groups in total. The van der Waals surface area contributed by atoms with Crippen LogP contribution in [0.3, 0.4) is 0 Å². The van der Waals surface area contributed by atoms with E-state index >= 15 is 4.39 Å². The van der Waals surface area contributed by atoms with Gasteiger partial charge in [-0.25, -0.2) is 18.7 Å². The van der Waals surface area contributed by atoms with Gasteiger partial charge in [-0.05, 0) is 80.4 Å². The van der Waals surface area contributed by atoms with E-state index in [1.165, 1.54) is 59.6 Å². The molecule has 45 heavy (non-hydrogen) atoms. The van der Waals surface area contributed by atoms with Crippen LogP contribution in [0.4, 0.5) is 8.78 Å². The lowest BCUT2D eigenvalue weighted by atomic mass is 9.98. The van der Waals surface area contributed by atoms with E-state index < -0.39 is 23.0 Å². The van der Waals surface area contributed by atoms with E-state index in [1.807, 2.05) is 0 Å². The largest absolute Gasteiger partial charge is 0.476 e. The zero-order valence-electron chi connectivity index (χ0n) is 24.0. The molecule has 0 unspecified atom stereocenters. The topological polar surface area (TPSA) is 115 Å². The number of carbonyl (C=O) groups excluding carboxylic acids is 1. The summed E-state index contributed by atoms with van der Waals surface area (Å²) in [6.07, 6.45) is 6.06. The lowest BCUT2D eigenvalue weighted by molar-refractivity contribution is 0.0986. The van der Waals surface area contributed by atoms with Gasteiger partial charge in [0.1, 0.15) is 17.0 Å². The van der Waals surface area contributed by atoms with E-state index in [1.54, 1.807) is 12.1 Å². The Morgan fingerprint density at radius 3 is 2.53 bits per heavy atom. The number of benzene rings is 2. The number of hydrogen-bond donors (Lipinski definition) is 1. The lowest BCUT2D eigenvalue weighted by Crippen LogP contribution is -2.35. The molecule has 0 amide bonds. The fourth-order valence-electron chi connectivity index (χ4n) is 5.28. The average molecular weight is 617 g/mol. The van der Waals surface area contributed by atoms with Crippen molar-refractivity contribution in [1.29, 1.82) is 0 Å². The highest BCUT2D eigenvalue weighted by molar-refractivity contribution is 5.95. The predicted molar refractivity (Wildman–Crippen MR) is 165 cm³/mol. The van der Waals surface area contributed by atoms with Gasteiger partial charge in [-0.3, -0.25) is 19.3 Å². The Hall–Kier alpha value is -4.97. The summed E-state index contributed by atoms with van der Waals surface area (Å²) in [5.41, 5.74) is 0.201. The number of likely N-dealkylation sites (tertiary alicyclic amines) is 1. The molecule has 1 aliphatic heterocycles. The van der Waals surface area contributed by atoms with Crippen LogP contribution in [0.5, 0.6) is 17.4 Å². The minimum absolute atomic E-state index is 0. The van der Waals surface area contributed by atoms with Crippen molar-refractivity contribution in [2.45, 2.75) is 33.6 Å². The molecule has 1 fully saturated rings. The molecule has 10 nitrogen and oxygen atoms in total. The summed E-state index contributed by atoms with van der Waals surface area (Å²) in [6, 6.07) is 11.0. The summed E-state index contributed by atoms with van der Waals surface area (Å²) < 4.78 is 41.8. The summed E-state index contributed by atoms with van der Waals surface area (Å²) >= 11 is 0. The number of aromatic nitrogens is 5. The van der Waals surface area contributed by atoms with E-state index in [4.69, 9.17) is 9.47 Å². The van der Waals surface area contributed by atoms with Gasteiger partial charge in [0.05, 0.1) is 6.61 Å². The Bertz CT molecular complexity index is 1850. The first kappa shape index (κ1) is 31.5. The Kier molecular flexibility index (Phi) is 9.62. The molecular weight excluding hydrogens is 582 g/mol. The SMILES string of the molecule is C.CCN1CCC(COc2n[nH]c3nccc(Oc4ccc(CC(=O)c5nccn(-c6ccc(F)cc6)c5=O)cc4F)c23)CC1. The maximum atomic E-state index is 15.2. The highest BCUT2D eigenvalue weighted by Gasteiger charge is 2.22. The fourth-order valence-corrected chi connectivity index (χ4v) is 5.28. The molecule has 3 aromatic heterocycles. The van der Waals surface area contributed by atoms with E-state index in [0.717, 1.165) is 32.5 Å². The number of Topliss-reactive ketones (excluding diaryl/α,β-unsaturated/α-hetero) is 1. The number of carbonyl (C=O) groups is 1. The van der Waals surface area contributed by atoms with Crippen LogP contribution in [0.15, 0.2) is 71.9 Å². The summed E-state index contributed by atoms with van der Waals surface area (Å²) in [4.78, 5) is 36.6. The average Bonchev–Trinajstić information content (AvgIpc) is 3.46. The molecule has 6 rings (SSSR count). The van der Waals surface area contributed by atoms with Crippen molar-refractivity contribution in [2.24, 2.45) is 5.92 Å². The number of nitrogens with zero attached hydrogens (tertiary/aromatic N) is 5. The van der Waals surface area contributed by atoms with Crippen molar-refractivity contribution in [2.75, 3.05) is 26.2 Å². The second kappa shape index (κ2) is 13.8. The molecule has 1 aliphatic rings. The third kappa shape index (κ3) is 6.91. The van der Waals surface area contributed by atoms with Crippen LogP contribution in [0.25, 0.3) is 16.7 Å². The Morgan fingerprint density at radius 2 is 1.80 bits per heavy atom. The number of H-pyrrole nitrogens is 1. The summed E-state index contributed by atoms with van der Waals surface area (Å²) in [6.45, 7) is 5.79. The molecule has 12 heteroatoms. The summed E-state index contributed by atoms with van der Waals surface area (Å²) in [5, 5.41) is 7.62. The van der Waals surface area contributed by atoms with E-state index in [9.17, 15) is 14.0 Å². The molecule has 5 aromatic rings. The zero-order chi connectivity index (χ0) is 30.6. The maximum absolute atomic E-state index is 15.2. The van der Waals surface area contributed by atoms with Crippen molar-refractivity contribution in [3.05, 3.63) is 100 Å². The number of ether oxygens (including phenoxy) is 2. The first-order valence-electron chi connectivity index (χ1n) is 14.4. The number of ketones is 1. The van der Waals surface area contributed by atoms with Crippen molar-refractivity contribution in [3.63, 3.8) is 0 Å². The van der Waals surface area contributed by atoms with Crippen molar-refractivity contribution >= 4 is 16.8 Å². The third-order valence-electron chi connectivity index (χ3n) is 7.79. The Labute approximate surface area is 258 Å². The number of piperidine rings is 1. The highest BCUT2D eigenvalue weighted by Crippen LogP contribution is 2.35. The van der Waals surface area contributed by atoms with Gasteiger partial charge in [0.15, 0.2) is 28.7 Å². The van der Waals surface area contributed by atoms with Gasteiger partial charge < -0.3 is 14.4 Å². The third-order valence-corrected chi connectivity index (χ3v) is 7.79. The predicted octanol–water partition coefficient (Wildman–Crippen LogP) is 5.75. The van der Waals surface area contributed by atoms with Crippen LogP contribution < -0.4 is 15.0 Å². The first-order chi connectivity index (χ1) is 21.4. The van der Waals surface area contributed by atoms with Crippen molar-refractivity contribution < 1.29 is 23.0 Å². The number of fused-ring (bicyclic) bond motifs is 1. The monoisotopic (exact) mass is 616 g/mol. The van der Waals surface area contributed by atoms with Crippen LogP contribution in [0, 0.1) is 17.6 Å². The van der Waals surface area contributed by atoms with Gasteiger partial charge in [0, 0.05) is 36.8 Å². The molecule has 0 aliphatic carbocycles. The molecule has 0 saturated carbocycles. The van der Waals surface area contributed by atoms with Crippen LogP contribution >= 0.6 is 0 Å². The fraction of sp³-hybridized carbons (Fsp3) is 0.303. The number of nitrogens with one attached hydrogen (secondary N) is 1. The van der Waals surface area contributed by atoms with Gasteiger partial charge in [-0.1, -0.05) is 20.4 Å². The highest BCUT2D eigenvalue weighted by atomic mass is 19.1. The van der Waals surface area contributed by atoms with E-state index in [2.05, 4.69) is 32.0 Å². The standard InChI is InChI=1S/C32H30F2N6O4.CH4/c1-2-39-14-10-20(11-15-39)19-43-31-28-27(9-12-36-30(28)37-38-31)44-26-8-3-21(17-24(26)34)18-25(41)29-32(42)40(16-13-35-29)23-6-4-22(33)5-7-23;/h3-9,12-13,16-17,20H,2,10-11,14-15,18-19H2,1H3,(H,36,37,38);1H4. The summed E-state index contributed by atoms with van der Waals surface area (Å²) in [7, 11) is 0. The molecule has 4 heterocycles. The zero-order valence-corrected chi connectivity index (χ0v) is 24.0. The quantitative estimate of drug-likeness (QED) is 0.198. The second-order valence-electron chi connectivity index (χ2n) is 10.6. The van der Waals surface area contributed by atoms with Gasteiger partial charge in [0.25, 0.3) is 5.56 Å². The smallest absolute Gasteiger partial charge is 0.284 e. The number of rotatable bonds is 10. The minimum atomic E-state index is -0.696. The molecular formula is C33H34F2N6O4. The molecule has 0 atom stereocenters. The van der Waals surface area contributed by atoms with Crippen molar-refractivity contribution in [3.8, 4) is 23.1 Å². The maximum Gasteiger partial charge on any atom is 0.284 e. The number of aromatic amines is 1. The Balaban J connectivity index is 0.00000400. The van der Waals surface area contributed by atoms with E-state index in [0.29, 0.717) is 46.4 Å². The summed E-state index contributed by atoms with van der Waals surface area (Å²) in [5.74, 6) is -0.733. The van der Waals surface area contributed by atoms with Crippen LogP contribution in [0.1, 0.15) is 43.2 Å². The molecule has 0 radical (unpaired) electrons. The van der Waals surface area contributed by atoms with Gasteiger partial charge >= 0.3 is 0 Å². The van der Waals surface area contributed by atoms with Gasteiger partial charge in [-0.15, -0.1) is 5.10 Å². The first-order valence-corrected chi connectivity index (χ1v) is 14.4. The second-order valence-corrected chi connectivity index (χ2v) is 10.6. The molecule has 0 spiro atoms. The normalized spacial score (nSPS) is 13.8. The minimum Gasteiger partial charge on any atom is -0.476 e. The Morgan fingerprint density at radius 1 is 1.02 bits per heavy atom. The van der Waals surface area contributed by atoms with Crippen molar-refractivity contribution in [1.82, 2.24) is 29.6 Å². The lowest BCUT2D eigenvalue weighted by Gasteiger charge is -2.30. The number of hydrogen-bond acceptors (Lipinski definition) is 8. The molecule has 234 valence electrons. The van der Waals surface area contributed by atoms with Gasteiger partial charge in [-0.2, -0.15) is 0 Å². The molecule has 2 aromatic carbocycles. The van der Waals surface area contributed by atoms with Crippen LogP contribution in [-0.2, 0) is 6.42 Å². The van der Waals surface area contributed by atoms with Gasteiger partial charge in [0.2, 0.25) is 5.88 Å². The van der Waals surface area contributed by atoms with Crippen LogP contribution in [0.2, 0.25) is 0 Å². The van der Waals surface area contributed by atoms with Crippen LogP contribution in [-0.4, -0.2) is 61.7 Å². The number of pyridine rings is 1. The molecule has 1 saturated heterocycles. The van der Waals surface area contributed by atoms with E-state index in [-0.39, 0.29) is 25.3 Å². The number of halogens is 2.